The Hall–Kier alpha value is -1.63. The Morgan fingerprint density at radius 2 is 2.12 bits per heavy atom. The second kappa shape index (κ2) is 5.62. The lowest BCUT2D eigenvalue weighted by Gasteiger charge is -2.07. The summed E-state index contributed by atoms with van der Waals surface area (Å²) in [5.74, 6) is -0.507. The molecular weight excluding hydrogens is 235 g/mol. The highest BCUT2D eigenvalue weighted by molar-refractivity contribution is 5.92. The van der Waals surface area contributed by atoms with Gasteiger partial charge in [0.1, 0.15) is 5.69 Å². The van der Waals surface area contributed by atoms with E-state index in [0.29, 0.717) is 25.7 Å². The zero-order valence-electron chi connectivity index (χ0n) is 8.92. The lowest BCUT2D eigenvalue weighted by molar-refractivity contribution is -0.137. The predicted molar refractivity (Wildman–Crippen MR) is 55.2 cm³/mol. The maximum absolute atomic E-state index is 12.2. The summed E-state index contributed by atoms with van der Waals surface area (Å²) >= 11 is 0. The predicted octanol–water partition coefficient (Wildman–Crippen LogP) is 1.18. The van der Waals surface area contributed by atoms with Gasteiger partial charge in [0.15, 0.2) is 0 Å². The standard InChI is InChI=1S/C10H12F3N3O/c11-10(12,13)7-2-3-8(16-6-7)9(17)15-5-1-4-14/h2-3,6H,1,4-5,14H2,(H,15,17). The number of amides is 1. The third-order valence-corrected chi connectivity index (χ3v) is 1.99. The molecule has 0 radical (unpaired) electrons. The molecule has 1 heterocycles. The Morgan fingerprint density at radius 3 is 2.59 bits per heavy atom. The quantitative estimate of drug-likeness (QED) is 0.785. The summed E-state index contributed by atoms with van der Waals surface area (Å²) in [4.78, 5) is 14.8. The number of pyridine rings is 1. The first-order valence-electron chi connectivity index (χ1n) is 4.96. The molecule has 1 rings (SSSR count). The van der Waals surface area contributed by atoms with Gasteiger partial charge >= 0.3 is 6.18 Å². The maximum atomic E-state index is 12.2. The first-order valence-corrected chi connectivity index (χ1v) is 4.96. The largest absolute Gasteiger partial charge is 0.417 e. The molecule has 0 aliphatic rings. The van der Waals surface area contributed by atoms with Crippen molar-refractivity contribution in [3.05, 3.63) is 29.6 Å². The molecule has 17 heavy (non-hydrogen) atoms. The third kappa shape index (κ3) is 4.03. The van der Waals surface area contributed by atoms with Crippen LogP contribution in [-0.4, -0.2) is 24.0 Å². The second-order valence-corrected chi connectivity index (χ2v) is 3.33. The summed E-state index contributed by atoms with van der Waals surface area (Å²) in [6.45, 7) is 0.804. The summed E-state index contributed by atoms with van der Waals surface area (Å²) in [6, 6.07) is 1.87. The molecule has 0 fully saturated rings. The number of rotatable bonds is 4. The molecule has 7 heteroatoms. The van der Waals surface area contributed by atoms with Gasteiger partial charge in [-0.2, -0.15) is 13.2 Å². The summed E-state index contributed by atoms with van der Waals surface area (Å²) in [6.07, 6.45) is -3.20. The van der Waals surface area contributed by atoms with Crippen molar-refractivity contribution in [2.24, 2.45) is 5.73 Å². The monoisotopic (exact) mass is 247 g/mol. The molecule has 1 aromatic rings. The van der Waals surface area contributed by atoms with Crippen LogP contribution < -0.4 is 11.1 Å². The van der Waals surface area contributed by atoms with Crippen LogP contribution in [0, 0.1) is 0 Å². The molecular formula is C10H12F3N3O. The first-order chi connectivity index (χ1) is 7.95. The van der Waals surface area contributed by atoms with Crippen molar-refractivity contribution >= 4 is 5.91 Å². The highest BCUT2D eigenvalue weighted by Crippen LogP contribution is 2.28. The molecule has 0 aliphatic carbocycles. The lowest BCUT2D eigenvalue weighted by atomic mass is 10.2. The number of alkyl halides is 3. The summed E-state index contributed by atoms with van der Waals surface area (Å²) < 4.78 is 36.6. The van der Waals surface area contributed by atoms with Crippen molar-refractivity contribution in [3.63, 3.8) is 0 Å². The van der Waals surface area contributed by atoms with Crippen LogP contribution in [0.25, 0.3) is 0 Å². The van der Waals surface area contributed by atoms with Crippen molar-refractivity contribution < 1.29 is 18.0 Å². The maximum Gasteiger partial charge on any atom is 0.417 e. The number of aromatic nitrogens is 1. The van der Waals surface area contributed by atoms with Crippen molar-refractivity contribution in [2.45, 2.75) is 12.6 Å². The summed E-state index contributed by atoms with van der Waals surface area (Å²) in [5, 5.41) is 2.50. The minimum atomic E-state index is -4.44. The Labute approximate surface area is 96.0 Å². The van der Waals surface area contributed by atoms with Gasteiger partial charge < -0.3 is 11.1 Å². The van der Waals surface area contributed by atoms with E-state index in [-0.39, 0.29) is 5.69 Å². The van der Waals surface area contributed by atoms with Crippen LogP contribution in [-0.2, 0) is 6.18 Å². The molecule has 0 unspecified atom stereocenters. The van der Waals surface area contributed by atoms with Gasteiger partial charge in [0.25, 0.3) is 5.91 Å². The zero-order valence-corrected chi connectivity index (χ0v) is 8.92. The molecule has 1 aromatic heterocycles. The van der Waals surface area contributed by atoms with Gasteiger partial charge in [-0.05, 0) is 25.1 Å². The molecule has 0 spiro atoms. The van der Waals surface area contributed by atoms with E-state index in [1.54, 1.807) is 0 Å². The average molecular weight is 247 g/mol. The van der Waals surface area contributed by atoms with Crippen molar-refractivity contribution in [3.8, 4) is 0 Å². The second-order valence-electron chi connectivity index (χ2n) is 3.33. The Kier molecular flexibility index (Phi) is 4.45. The van der Waals surface area contributed by atoms with Crippen LogP contribution in [0.3, 0.4) is 0 Å². The van der Waals surface area contributed by atoms with Gasteiger partial charge in [0, 0.05) is 12.7 Å². The fourth-order valence-corrected chi connectivity index (χ4v) is 1.09. The molecule has 3 N–H and O–H groups in total. The van der Waals surface area contributed by atoms with E-state index in [9.17, 15) is 18.0 Å². The molecule has 94 valence electrons. The Bertz CT molecular complexity index is 375. The number of carbonyl (C=O) groups is 1. The SMILES string of the molecule is NCCCNC(=O)c1ccc(C(F)(F)F)cn1. The van der Waals surface area contributed by atoms with E-state index in [2.05, 4.69) is 10.3 Å². The van der Waals surface area contributed by atoms with Gasteiger partial charge in [-0.15, -0.1) is 0 Å². The minimum Gasteiger partial charge on any atom is -0.351 e. The van der Waals surface area contributed by atoms with E-state index in [4.69, 9.17) is 5.73 Å². The number of halogens is 3. The Balaban J connectivity index is 2.64. The van der Waals surface area contributed by atoms with Crippen LogP contribution in [0.4, 0.5) is 13.2 Å². The van der Waals surface area contributed by atoms with Crippen molar-refractivity contribution in [2.75, 3.05) is 13.1 Å². The van der Waals surface area contributed by atoms with Gasteiger partial charge in [0.05, 0.1) is 5.56 Å². The summed E-state index contributed by atoms with van der Waals surface area (Å²) in [5.41, 5.74) is 4.30. The highest BCUT2D eigenvalue weighted by Gasteiger charge is 2.30. The van der Waals surface area contributed by atoms with Crippen LogP contribution >= 0.6 is 0 Å². The number of carbonyl (C=O) groups excluding carboxylic acids is 1. The zero-order chi connectivity index (χ0) is 12.9. The molecule has 0 aromatic carbocycles. The van der Waals surface area contributed by atoms with Crippen LogP contribution in [0.15, 0.2) is 18.3 Å². The molecule has 0 bridgehead atoms. The molecule has 0 aliphatic heterocycles. The highest BCUT2D eigenvalue weighted by atomic mass is 19.4. The molecule has 4 nitrogen and oxygen atoms in total. The fourth-order valence-electron chi connectivity index (χ4n) is 1.09. The smallest absolute Gasteiger partial charge is 0.351 e. The van der Waals surface area contributed by atoms with Gasteiger partial charge in [-0.1, -0.05) is 0 Å². The van der Waals surface area contributed by atoms with Crippen molar-refractivity contribution in [1.82, 2.24) is 10.3 Å². The van der Waals surface area contributed by atoms with Crippen LogP contribution in [0.1, 0.15) is 22.5 Å². The normalized spacial score (nSPS) is 11.3. The topological polar surface area (TPSA) is 68.0 Å². The van der Waals surface area contributed by atoms with Crippen molar-refractivity contribution in [1.29, 1.82) is 0 Å². The van der Waals surface area contributed by atoms with Crippen LogP contribution in [0.2, 0.25) is 0 Å². The molecule has 0 saturated carbocycles. The van der Waals surface area contributed by atoms with Gasteiger partial charge in [-0.3, -0.25) is 9.78 Å². The third-order valence-electron chi connectivity index (χ3n) is 1.99. The number of nitrogens with zero attached hydrogens (tertiary/aromatic N) is 1. The van der Waals surface area contributed by atoms with Gasteiger partial charge in [0.2, 0.25) is 0 Å². The fraction of sp³-hybridized carbons (Fsp3) is 0.400. The number of nitrogens with one attached hydrogen (secondary N) is 1. The van der Waals surface area contributed by atoms with E-state index >= 15 is 0 Å². The Morgan fingerprint density at radius 1 is 1.41 bits per heavy atom. The molecule has 0 atom stereocenters. The summed E-state index contributed by atoms with van der Waals surface area (Å²) in [7, 11) is 0. The van der Waals surface area contributed by atoms with Crippen LogP contribution in [0.5, 0.6) is 0 Å². The molecule has 0 saturated heterocycles. The average Bonchev–Trinajstić information content (AvgIpc) is 2.28. The number of hydrogen-bond donors (Lipinski definition) is 2. The number of hydrogen-bond acceptors (Lipinski definition) is 3. The van der Waals surface area contributed by atoms with E-state index in [1.807, 2.05) is 0 Å². The first kappa shape index (κ1) is 13.4. The van der Waals surface area contributed by atoms with E-state index in [0.717, 1.165) is 12.1 Å². The minimum absolute atomic E-state index is 0.0463. The number of nitrogens with two attached hydrogens (primary N) is 1. The van der Waals surface area contributed by atoms with E-state index < -0.39 is 17.6 Å². The lowest BCUT2D eigenvalue weighted by Crippen LogP contribution is -2.26. The van der Waals surface area contributed by atoms with Gasteiger partial charge in [-0.25, -0.2) is 0 Å². The molecule has 1 amide bonds. The van der Waals surface area contributed by atoms with E-state index in [1.165, 1.54) is 0 Å².